The number of benzene rings is 1. The fourth-order valence-corrected chi connectivity index (χ4v) is 2.08. The van der Waals surface area contributed by atoms with Gasteiger partial charge in [0.15, 0.2) is 0 Å². The van der Waals surface area contributed by atoms with Gasteiger partial charge in [-0.1, -0.05) is 18.2 Å². The third-order valence-corrected chi connectivity index (χ3v) is 3.33. The van der Waals surface area contributed by atoms with Crippen molar-refractivity contribution in [2.75, 3.05) is 0 Å². The highest BCUT2D eigenvalue weighted by Gasteiger charge is 2.10. The van der Waals surface area contributed by atoms with Crippen molar-refractivity contribution in [3.05, 3.63) is 52.8 Å². The summed E-state index contributed by atoms with van der Waals surface area (Å²) in [6, 6.07) is 7.59. The number of carbonyl (C=O) groups is 1. The van der Waals surface area contributed by atoms with Crippen LogP contribution in [0.2, 0.25) is 0 Å². The molecule has 0 saturated carbocycles. The maximum absolute atomic E-state index is 12.1. The van der Waals surface area contributed by atoms with Gasteiger partial charge < -0.3 is 5.32 Å². The Morgan fingerprint density at radius 1 is 1.32 bits per heavy atom. The molecule has 0 unspecified atom stereocenters. The van der Waals surface area contributed by atoms with Gasteiger partial charge in [0, 0.05) is 29.9 Å². The number of aryl methyl sites for hydroxylation is 2. The molecule has 0 atom stereocenters. The van der Waals surface area contributed by atoms with Crippen LogP contribution in [-0.4, -0.2) is 15.7 Å². The highest BCUT2D eigenvalue weighted by Crippen LogP contribution is 2.09. The summed E-state index contributed by atoms with van der Waals surface area (Å²) in [7, 11) is 0. The van der Waals surface area contributed by atoms with Crippen LogP contribution in [0.5, 0.6) is 0 Å². The monoisotopic (exact) mass is 257 g/mol. The molecule has 1 N–H and O–H groups in total. The molecule has 0 spiro atoms. The fraction of sp³-hybridized carbons (Fsp3) is 0.333. The normalized spacial score (nSPS) is 10.5. The Bertz CT molecular complexity index is 587. The van der Waals surface area contributed by atoms with Gasteiger partial charge in [0.2, 0.25) is 0 Å². The molecular weight excluding hydrogens is 238 g/mol. The lowest BCUT2D eigenvalue weighted by atomic mass is 10.1. The number of rotatable bonds is 4. The summed E-state index contributed by atoms with van der Waals surface area (Å²) >= 11 is 0. The van der Waals surface area contributed by atoms with Gasteiger partial charge in [0.1, 0.15) is 0 Å². The first-order chi connectivity index (χ1) is 9.13. The first-order valence-corrected chi connectivity index (χ1v) is 6.48. The Hall–Kier alpha value is -2.10. The van der Waals surface area contributed by atoms with Crippen LogP contribution in [0.3, 0.4) is 0 Å². The van der Waals surface area contributed by atoms with Gasteiger partial charge in [-0.05, 0) is 32.4 Å². The molecule has 1 aromatic carbocycles. The Balaban J connectivity index is 2.05. The summed E-state index contributed by atoms with van der Waals surface area (Å²) in [6.07, 6.45) is 1.82. The molecule has 0 saturated heterocycles. The SMILES string of the molecule is CCn1ncc(CNC(=O)c2ccccc2C)c1C. The predicted octanol–water partition coefficient (Wildman–Crippen LogP) is 2.45. The number of hydrogen-bond acceptors (Lipinski definition) is 2. The number of carbonyl (C=O) groups excluding carboxylic acids is 1. The molecule has 0 fully saturated rings. The number of aromatic nitrogens is 2. The molecule has 2 rings (SSSR count). The lowest BCUT2D eigenvalue weighted by Crippen LogP contribution is -2.23. The third kappa shape index (κ3) is 2.84. The summed E-state index contributed by atoms with van der Waals surface area (Å²) in [4.78, 5) is 12.1. The number of nitrogens with zero attached hydrogens (tertiary/aromatic N) is 2. The minimum atomic E-state index is -0.0400. The van der Waals surface area contributed by atoms with Crippen molar-refractivity contribution in [3.63, 3.8) is 0 Å². The van der Waals surface area contributed by atoms with Crippen molar-refractivity contribution in [3.8, 4) is 0 Å². The highest BCUT2D eigenvalue weighted by molar-refractivity contribution is 5.95. The minimum Gasteiger partial charge on any atom is -0.348 e. The minimum absolute atomic E-state index is 0.0400. The van der Waals surface area contributed by atoms with Crippen LogP contribution < -0.4 is 5.32 Å². The summed E-state index contributed by atoms with van der Waals surface area (Å²) in [6.45, 7) is 7.37. The molecular formula is C15H19N3O. The zero-order valence-electron chi connectivity index (χ0n) is 11.6. The molecule has 19 heavy (non-hydrogen) atoms. The van der Waals surface area contributed by atoms with E-state index in [0.717, 1.165) is 28.9 Å². The molecule has 4 heteroatoms. The van der Waals surface area contributed by atoms with Crippen LogP contribution in [0.4, 0.5) is 0 Å². The molecule has 100 valence electrons. The van der Waals surface area contributed by atoms with E-state index < -0.39 is 0 Å². The standard InChI is InChI=1S/C15H19N3O/c1-4-18-12(3)13(10-17-18)9-16-15(19)14-8-6-5-7-11(14)2/h5-8,10H,4,9H2,1-3H3,(H,16,19). The van der Waals surface area contributed by atoms with Crippen molar-refractivity contribution < 1.29 is 4.79 Å². The van der Waals surface area contributed by atoms with Gasteiger partial charge in [-0.3, -0.25) is 9.48 Å². The van der Waals surface area contributed by atoms with Crippen molar-refractivity contribution in [2.45, 2.75) is 33.9 Å². The molecule has 1 aromatic heterocycles. The summed E-state index contributed by atoms with van der Waals surface area (Å²) in [5.74, 6) is -0.0400. The molecule has 0 aliphatic heterocycles. The van der Waals surface area contributed by atoms with Crippen LogP contribution in [0, 0.1) is 13.8 Å². The highest BCUT2D eigenvalue weighted by atomic mass is 16.1. The van der Waals surface area contributed by atoms with Gasteiger partial charge >= 0.3 is 0 Å². The first kappa shape index (κ1) is 13.3. The molecule has 0 aliphatic carbocycles. The van der Waals surface area contributed by atoms with Crippen LogP contribution in [0.25, 0.3) is 0 Å². The second-order valence-electron chi connectivity index (χ2n) is 4.57. The summed E-state index contributed by atoms with van der Waals surface area (Å²) in [5, 5.41) is 7.21. The van der Waals surface area contributed by atoms with Crippen LogP contribution in [0.1, 0.15) is 34.1 Å². The van der Waals surface area contributed by atoms with E-state index in [2.05, 4.69) is 17.3 Å². The zero-order valence-corrected chi connectivity index (χ0v) is 11.6. The average molecular weight is 257 g/mol. The van der Waals surface area contributed by atoms with Gasteiger partial charge in [0.05, 0.1) is 6.20 Å². The quantitative estimate of drug-likeness (QED) is 0.914. The van der Waals surface area contributed by atoms with E-state index in [-0.39, 0.29) is 5.91 Å². The number of amides is 1. The van der Waals surface area contributed by atoms with Crippen molar-refractivity contribution in [2.24, 2.45) is 0 Å². The molecule has 2 aromatic rings. The lowest BCUT2D eigenvalue weighted by Gasteiger charge is -2.07. The lowest BCUT2D eigenvalue weighted by molar-refractivity contribution is 0.0950. The summed E-state index contributed by atoms with van der Waals surface area (Å²) in [5.41, 5.74) is 3.88. The molecule has 0 bridgehead atoms. The Morgan fingerprint density at radius 2 is 2.05 bits per heavy atom. The van der Waals surface area contributed by atoms with Gasteiger partial charge in [-0.15, -0.1) is 0 Å². The van der Waals surface area contributed by atoms with Crippen molar-refractivity contribution in [1.82, 2.24) is 15.1 Å². The Labute approximate surface area is 113 Å². The van der Waals surface area contributed by atoms with Crippen LogP contribution in [-0.2, 0) is 13.1 Å². The second-order valence-corrected chi connectivity index (χ2v) is 4.57. The van der Waals surface area contributed by atoms with Crippen molar-refractivity contribution in [1.29, 1.82) is 0 Å². The average Bonchev–Trinajstić information content (AvgIpc) is 2.77. The second kappa shape index (κ2) is 5.69. The van der Waals surface area contributed by atoms with E-state index in [1.165, 1.54) is 0 Å². The molecule has 4 nitrogen and oxygen atoms in total. The van der Waals surface area contributed by atoms with E-state index in [1.807, 2.05) is 49.0 Å². The first-order valence-electron chi connectivity index (χ1n) is 6.48. The zero-order chi connectivity index (χ0) is 13.8. The fourth-order valence-electron chi connectivity index (χ4n) is 2.08. The summed E-state index contributed by atoms with van der Waals surface area (Å²) < 4.78 is 1.93. The largest absolute Gasteiger partial charge is 0.348 e. The van der Waals surface area contributed by atoms with E-state index in [4.69, 9.17) is 0 Å². The maximum atomic E-state index is 12.1. The maximum Gasteiger partial charge on any atom is 0.251 e. The number of hydrogen-bond donors (Lipinski definition) is 1. The van der Waals surface area contributed by atoms with E-state index in [9.17, 15) is 4.79 Å². The van der Waals surface area contributed by atoms with Gasteiger partial charge in [-0.2, -0.15) is 5.10 Å². The van der Waals surface area contributed by atoms with E-state index in [1.54, 1.807) is 0 Å². The molecule has 0 aliphatic rings. The van der Waals surface area contributed by atoms with Crippen LogP contribution in [0.15, 0.2) is 30.5 Å². The Morgan fingerprint density at radius 3 is 2.68 bits per heavy atom. The van der Waals surface area contributed by atoms with Crippen LogP contribution >= 0.6 is 0 Å². The van der Waals surface area contributed by atoms with Gasteiger partial charge in [-0.25, -0.2) is 0 Å². The Kier molecular flexibility index (Phi) is 4.00. The molecule has 1 heterocycles. The molecule has 0 radical (unpaired) electrons. The van der Waals surface area contributed by atoms with E-state index >= 15 is 0 Å². The smallest absolute Gasteiger partial charge is 0.251 e. The van der Waals surface area contributed by atoms with Gasteiger partial charge in [0.25, 0.3) is 5.91 Å². The topological polar surface area (TPSA) is 46.9 Å². The van der Waals surface area contributed by atoms with Crippen molar-refractivity contribution >= 4 is 5.91 Å². The van der Waals surface area contributed by atoms with E-state index in [0.29, 0.717) is 6.54 Å². The predicted molar refractivity (Wildman–Crippen MR) is 75.0 cm³/mol. The number of nitrogens with one attached hydrogen (secondary N) is 1. The third-order valence-electron chi connectivity index (χ3n) is 3.33. The molecule has 1 amide bonds.